The average Bonchev–Trinajstić information content (AvgIpc) is 3.26. The van der Waals surface area contributed by atoms with Gasteiger partial charge in [-0.25, -0.2) is 9.78 Å². The lowest BCUT2D eigenvalue weighted by molar-refractivity contribution is -0.900. The number of hydrogen-bond acceptors (Lipinski definition) is 10. The van der Waals surface area contributed by atoms with E-state index in [1.807, 2.05) is 7.05 Å². The minimum atomic E-state index is -1.20. The van der Waals surface area contributed by atoms with Crippen LogP contribution in [0.4, 0.5) is 5.13 Å². The molecule has 0 aromatic carbocycles. The number of nitrogen functional groups attached to an aromatic ring is 1. The van der Waals surface area contributed by atoms with Crippen LogP contribution in [0.5, 0.6) is 0 Å². The molecule has 15 heteroatoms. The van der Waals surface area contributed by atoms with Gasteiger partial charge in [0.15, 0.2) is 10.8 Å². The highest BCUT2D eigenvalue weighted by molar-refractivity contribution is 8.00. The molecule has 3 atom stereocenters. The number of aromatic nitrogens is 1. The van der Waals surface area contributed by atoms with E-state index in [0.717, 1.165) is 11.3 Å². The van der Waals surface area contributed by atoms with Crippen LogP contribution in [0.15, 0.2) is 33.5 Å². The quantitative estimate of drug-likeness (QED) is 0.141. The van der Waals surface area contributed by atoms with Crippen LogP contribution in [0.25, 0.3) is 0 Å². The van der Waals surface area contributed by atoms with E-state index < -0.39 is 35.1 Å². The number of oxime groups is 1. The molecule has 4 heterocycles. The molecule has 0 saturated carbocycles. The van der Waals surface area contributed by atoms with Crippen molar-refractivity contribution in [1.82, 2.24) is 15.2 Å². The second-order valence-corrected chi connectivity index (χ2v) is 10.8. The summed E-state index contributed by atoms with van der Waals surface area (Å²) in [5.41, 5.74) is 12.2. The van der Waals surface area contributed by atoms with Crippen molar-refractivity contribution in [2.24, 2.45) is 10.9 Å². The molecule has 1 unspecified atom stereocenters. The van der Waals surface area contributed by atoms with E-state index in [9.17, 15) is 24.3 Å². The first-order valence-electron chi connectivity index (χ1n) is 10.9. The number of hydrogen-bond donors (Lipinski definition) is 4. The fraction of sp³-hybridized carbons (Fsp3) is 0.429. The second kappa shape index (κ2) is 9.91. The maximum absolute atomic E-state index is 13.0. The van der Waals surface area contributed by atoms with Crippen LogP contribution in [0, 0.1) is 0 Å². The molecule has 1 aromatic rings. The Bertz CT molecular complexity index is 1220. The molecular formula is C21H26N7O6S2+. The number of carboxylic acid groups (broad SMARTS) is 1. The summed E-state index contributed by atoms with van der Waals surface area (Å²) in [7, 11) is 3.25. The molecule has 0 aliphatic carbocycles. The van der Waals surface area contributed by atoms with Gasteiger partial charge in [0, 0.05) is 28.7 Å². The van der Waals surface area contributed by atoms with Gasteiger partial charge in [-0.15, -0.1) is 23.1 Å². The Morgan fingerprint density at radius 2 is 2.17 bits per heavy atom. The number of carboxylic acids is 1. The van der Waals surface area contributed by atoms with Gasteiger partial charge in [-0.3, -0.25) is 19.3 Å². The number of carbonyl (C=O) groups is 4. The lowest BCUT2D eigenvalue weighted by Crippen LogP contribution is -2.71. The van der Waals surface area contributed by atoms with E-state index in [-0.39, 0.29) is 22.2 Å². The minimum Gasteiger partial charge on any atom is -0.477 e. The Morgan fingerprint density at radius 3 is 2.72 bits per heavy atom. The molecule has 0 bridgehead atoms. The zero-order valence-electron chi connectivity index (χ0n) is 19.6. The molecule has 1 saturated heterocycles. The number of nitrogens with two attached hydrogens (primary N) is 2. The molecule has 3 aliphatic rings. The summed E-state index contributed by atoms with van der Waals surface area (Å²) in [6, 6.07) is -0.933. The third-order valence-corrected chi connectivity index (χ3v) is 8.30. The monoisotopic (exact) mass is 536 g/mol. The number of anilines is 1. The Kier molecular flexibility index (Phi) is 7.06. The number of amides is 3. The summed E-state index contributed by atoms with van der Waals surface area (Å²) < 4.78 is 0.490. The number of carbonyl (C=O) groups excluding carboxylic acids is 3. The van der Waals surface area contributed by atoms with Crippen molar-refractivity contribution in [1.29, 1.82) is 0 Å². The van der Waals surface area contributed by atoms with Gasteiger partial charge in [0.1, 0.15) is 36.5 Å². The zero-order chi connectivity index (χ0) is 26.2. The molecule has 13 nitrogen and oxygen atoms in total. The fourth-order valence-corrected chi connectivity index (χ4v) is 6.33. The molecule has 3 aliphatic heterocycles. The molecule has 0 radical (unpaired) electrons. The standard InChI is InChI=1S/C21H25N7O6S2/c1-28(5-3-10(4-6-28)16(22)29)7-11-8-35-19-14(18(31)27(19)15(11)20(32)33)25-17(30)13(26-34-2)12-9-36-21(23)24-12/h3,9,14,19H,4-8H2,1-2H3,(H5-,22,23,24,25,29,30,32,33)/p+1/b26-13-/t14-,19-,28?/m1/s1. The SMILES string of the molecule is CO/N=C(\C(=O)N[C@@H]1C(=O)N2C(C(=O)O)=C(C[N+]3(C)CC=C(C(N)=O)CC3)CS[C@H]12)c1csc(N)n1. The number of quaternary nitrogens is 1. The van der Waals surface area contributed by atoms with Crippen molar-refractivity contribution in [3.63, 3.8) is 0 Å². The number of thiazole rings is 1. The van der Waals surface area contributed by atoms with Crippen LogP contribution < -0.4 is 16.8 Å². The summed E-state index contributed by atoms with van der Waals surface area (Å²) in [5.74, 6) is -2.48. The van der Waals surface area contributed by atoms with Crippen LogP contribution in [-0.4, -0.2) is 99.8 Å². The number of likely N-dealkylation sites (N-methyl/N-ethyl adjacent to an activating group) is 1. The number of rotatable bonds is 8. The summed E-state index contributed by atoms with van der Waals surface area (Å²) in [6.45, 7) is 1.55. The summed E-state index contributed by atoms with van der Waals surface area (Å²) >= 11 is 2.50. The molecule has 3 amide bonds. The first kappa shape index (κ1) is 25.7. The highest BCUT2D eigenvalue weighted by Crippen LogP contribution is 2.41. The normalized spacial score (nSPS) is 26.1. The smallest absolute Gasteiger partial charge is 0.352 e. The third kappa shape index (κ3) is 4.81. The molecule has 192 valence electrons. The topological polar surface area (TPSA) is 190 Å². The summed E-state index contributed by atoms with van der Waals surface area (Å²) in [4.78, 5) is 59.6. The molecule has 6 N–H and O–H groups in total. The third-order valence-electron chi connectivity index (χ3n) is 6.29. The molecule has 36 heavy (non-hydrogen) atoms. The Hall–Kier alpha value is -3.43. The van der Waals surface area contributed by atoms with Crippen LogP contribution >= 0.6 is 23.1 Å². The number of primary amides is 1. The summed E-state index contributed by atoms with van der Waals surface area (Å²) in [6.07, 6.45) is 2.30. The predicted octanol–water partition coefficient (Wildman–Crippen LogP) is -0.924. The van der Waals surface area contributed by atoms with Crippen molar-refractivity contribution in [3.05, 3.63) is 34.0 Å². The second-order valence-electron chi connectivity index (χ2n) is 8.84. The number of nitrogens with zero attached hydrogens (tertiary/aromatic N) is 4. The van der Waals surface area contributed by atoms with E-state index in [4.69, 9.17) is 16.3 Å². The maximum Gasteiger partial charge on any atom is 0.352 e. The van der Waals surface area contributed by atoms with Gasteiger partial charge in [0.2, 0.25) is 5.91 Å². The van der Waals surface area contributed by atoms with E-state index in [1.54, 1.807) is 11.5 Å². The van der Waals surface area contributed by atoms with Gasteiger partial charge in [0.25, 0.3) is 11.8 Å². The van der Waals surface area contributed by atoms with Crippen molar-refractivity contribution >= 4 is 57.6 Å². The number of thioether (sulfide) groups is 1. The number of fused-ring (bicyclic) bond motifs is 1. The van der Waals surface area contributed by atoms with Crippen LogP contribution in [0.1, 0.15) is 12.1 Å². The van der Waals surface area contributed by atoms with Gasteiger partial charge in [-0.05, 0) is 6.08 Å². The van der Waals surface area contributed by atoms with Crippen molar-refractivity contribution in [2.75, 3.05) is 45.3 Å². The lowest BCUT2D eigenvalue weighted by Gasteiger charge is -2.50. The van der Waals surface area contributed by atoms with Crippen LogP contribution in [0.3, 0.4) is 0 Å². The van der Waals surface area contributed by atoms with Gasteiger partial charge in [-0.1, -0.05) is 5.16 Å². The Morgan fingerprint density at radius 1 is 1.42 bits per heavy atom. The number of nitrogens with one attached hydrogen (secondary N) is 1. The number of aliphatic carboxylic acids is 1. The summed E-state index contributed by atoms with van der Waals surface area (Å²) in [5, 5.41) is 17.5. The van der Waals surface area contributed by atoms with E-state index >= 15 is 0 Å². The lowest BCUT2D eigenvalue weighted by atomic mass is 10.0. The highest BCUT2D eigenvalue weighted by Gasteiger charge is 2.55. The molecule has 1 fully saturated rings. The van der Waals surface area contributed by atoms with Crippen molar-refractivity contribution < 1.29 is 33.6 Å². The minimum absolute atomic E-state index is 0.0590. The van der Waals surface area contributed by atoms with E-state index in [2.05, 4.69) is 15.5 Å². The van der Waals surface area contributed by atoms with Crippen molar-refractivity contribution in [2.45, 2.75) is 17.8 Å². The molecule has 1 aromatic heterocycles. The highest BCUT2D eigenvalue weighted by atomic mass is 32.2. The van der Waals surface area contributed by atoms with Gasteiger partial charge in [0.05, 0.1) is 20.1 Å². The first-order chi connectivity index (χ1) is 17.0. The van der Waals surface area contributed by atoms with Crippen molar-refractivity contribution in [3.8, 4) is 0 Å². The zero-order valence-corrected chi connectivity index (χ0v) is 21.2. The average molecular weight is 537 g/mol. The maximum atomic E-state index is 13.0. The molecule has 4 rings (SSSR count). The largest absolute Gasteiger partial charge is 0.477 e. The van der Waals surface area contributed by atoms with E-state index in [1.165, 1.54) is 23.8 Å². The van der Waals surface area contributed by atoms with E-state index in [0.29, 0.717) is 47.4 Å². The Labute approximate surface area is 214 Å². The van der Waals surface area contributed by atoms with Gasteiger partial charge in [-0.2, -0.15) is 0 Å². The molecular weight excluding hydrogens is 510 g/mol. The van der Waals surface area contributed by atoms with Gasteiger partial charge >= 0.3 is 5.97 Å². The first-order valence-corrected chi connectivity index (χ1v) is 12.8. The molecule has 0 spiro atoms. The van der Waals surface area contributed by atoms with Crippen LogP contribution in [0.2, 0.25) is 0 Å². The van der Waals surface area contributed by atoms with Crippen LogP contribution in [-0.2, 0) is 24.0 Å². The predicted molar refractivity (Wildman–Crippen MR) is 132 cm³/mol. The fourth-order valence-electron chi connectivity index (χ4n) is 4.45. The number of β-lactam (4-membered cyclic amide) rings is 1. The van der Waals surface area contributed by atoms with Gasteiger partial charge < -0.3 is 31.2 Å². The Balaban J connectivity index is 1.51.